The minimum absolute atomic E-state index is 0.156. The Bertz CT molecular complexity index is 931. The Morgan fingerprint density at radius 3 is 2.67 bits per heavy atom. The standard InChI is InChI=1S/C21H23N5O/c1-24(2)18-8-6-16(7-9-18)13-21(27)25-12-10-19-17(15-25)14-23-26(19)20-5-3-4-11-22-20/h3-9,11,14H,10,12-13,15H2,1-2H3. The van der Waals surface area contributed by atoms with Crippen LogP contribution in [-0.2, 0) is 24.2 Å². The number of nitrogens with zero attached hydrogens (tertiary/aromatic N) is 5. The lowest BCUT2D eigenvalue weighted by Crippen LogP contribution is -2.37. The topological polar surface area (TPSA) is 54.3 Å². The van der Waals surface area contributed by atoms with Crippen molar-refractivity contribution in [2.24, 2.45) is 0 Å². The second kappa shape index (κ2) is 7.23. The Labute approximate surface area is 159 Å². The van der Waals surface area contributed by atoms with Crippen LogP contribution >= 0.6 is 0 Å². The van der Waals surface area contributed by atoms with E-state index in [1.807, 2.05) is 72.3 Å². The third kappa shape index (κ3) is 3.56. The number of pyridine rings is 1. The normalized spacial score (nSPS) is 13.3. The van der Waals surface area contributed by atoms with Crippen molar-refractivity contribution in [2.75, 3.05) is 25.5 Å². The van der Waals surface area contributed by atoms with Crippen molar-refractivity contribution in [3.05, 3.63) is 71.7 Å². The van der Waals surface area contributed by atoms with E-state index in [2.05, 4.69) is 15.0 Å². The van der Waals surface area contributed by atoms with Crippen LogP contribution in [0, 0.1) is 0 Å². The molecule has 3 heterocycles. The van der Waals surface area contributed by atoms with E-state index in [1.165, 1.54) is 0 Å². The second-order valence-corrected chi connectivity index (χ2v) is 7.02. The number of hydrogen-bond acceptors (Lipinski definition) is 4. The molecule has 1 aliphatic rings. The molecule has 0 N–H and O–H groups in total. The van der Waals surface area contributed by atoms with Gasteiger partial charge in [-0.05, 0) is 29.8 Å². The summed E-state index contributed by atoms with van der Waals surface area (Å²) in [6, 6.07) is 14.0. The van der Waals surface area contributed by atoms with Gasteiger partial charge in [-0.1, -0.05) is 18.2 Å². The van der Waals surface area contributed by atoms with Gasteiger partial charge >= 0.3 is 0 Å². The fraction of sp³-hybridized carbons (Fsp3) is 0.286. The number of benzene rings is 1. The quantitative estimate of drug-likeness (QED) is 0.716. The predicted molar refractivity (Wildman–Crippen MR) is 105 cm³/mol. The molecule has 138 valence electrons. The van der Waals surface area contributed by atoms with E-state index in [0.29, 0.717) is 19.5 Å². The monoisotopic (exact) mass is 361 g/mol. The molecule has 6 nitrogen and oxygen atoms in total. The maximum atomic E-state index is 12.7. The largest absolute Gasteiger partial charge is 0.378 e. The van der Waals surface area contributed by atoms with Crippen molar-refractivity contribution in [1.82, 2.24) is 19.7 Å². The van der Waals surface area contributed by atoms with Gasteiger partial charge in [0.15, 0.2) is 5.82 Å². The highest BCUT2D eigenvalue weighted by Crippen LogP contribution is 2.22. The molecular weight excluding hydrogens is 338 g/mol. The SMILES string of the molecule is CN(C)c1ccc(CC(=O)N2CCc3c(cnn3-c3ccccn3)C2)cc1. The van der Waals surface area contributed by atoms with Gasteiger partial charge in [-0.15, -0.1) is 0 Å². The molecule has 0 aliphatic carbocycles. The number of fused-ring (bicyclic) bond motifs is 1. The zero-order valence-electron chi connectivity index (χ0n) is 15.7. The van der Waals surface area contributed by atoms with Gasteiger partial charge in [0.25, 0.3) is 0 Å². The van der Waals surface area contributed by atoms with Gasteiger partial charge in [-0.3, -0.25) is 4.79 Å². The number of aromatic nitrogens is 3. The number of rotatable bonds is 4. The van der Waals surface area contributed by atoms with Gasteiger partial charge in [0, 0.05) is 51.1 Å². The highest BCUT2D eigenvalue weighted by molar-refractivity contribution is 5.79. The summed E-state index contributed by atoms with van der Waals surface area (Å²) in [6.45, 7) is 1.32. The van der Waals surface area contributed by atoms with Crippen LogP contribution in [0.3, 0.4) is 0 Å². The van der Waals surface area contributed by atoms with Crippen molar-refractivity contribution in [1.29, 1.82) is 0 Å². The molecule has 0 unspecified atom stereocenters. The molecule has 0 bridgehead atoms. The lowest BCUT2D eigenvalue weighted by Gasteiger charge is -2.27. The summed E-state index contributed by atoms with van der Waals surface area (Å²) >= 11 is 0. The van der Waals surface area contributed by atoms with E-state index < -0.39 is 0 Å². The van der Waals surface area contributed by atoms with Crippen LogP contribution in [0.1, 0.15) is 16.8 Å². The van der Waals surface area contributed by atoms with E-state index in [4.69, 9.17) is 0 Å². The fourth-order valence-corrected chi connectivity index (χ4v) is 3.42. The summed E-state index contributed by atoms with van der Waals surface area (Å²) in [6.07, 6.45) is 4.84. The van der Waals surface area contributed by atoms with Crippen LogP contribution in [0.2, 0.25) is 0 Å². The molecule has 1 aliphatic heterocycles. The van der Waals surface area contributed by atoms with Crippen LogP contribution < -0.4 is 4.90 Å². The highest BCUT2D eigenvalue weighted by Gasteiger charge is 2.24. The molecule has 4 rings (SSSR count). The van der Waals surface area contributed by atoms with Gasteiger partial charge in [-0.25, -0.2) is 9.67 Å². The van der Waals surface area contributed by atoms with E-state index in [9.17, 15) is 4.79 Å². The first-order chi connectivity index (χ1) is 13.1. The van der Waals surface area contributed by atoms with Gasteiger partial charge in [0.1, 0.15) is 0 Å². The Morgan fingerprint density at radius 1 is 1.15 bits per heavy atom. The van der Waals surface area contributed by atoms with Crippen LogP contribution in [0.15, 0.2) is 54.9 Å². The molecule has 3 aromatic rings. The van der Waals surface area contributed by atoms with E-state index in [-0.39, 0.29) is 5.91 Å². The van der Waals surface area contributed by atoms with Crippen LogP contribution in [0.5, 0.6) is 0 Å². The first kappa shape index (κ1) is 17.3. The number of hydrogen-bond donors (Lipinski definition) is 0. The molecule has 0 spiro atoms. The van der Waals surface area contributed by atoms with Crippen molar-refractivity contribution in [3.8, 4) is 5.82 Å². The van der Waals surface area contributed by atoms with Gasteiger partial charge in [0.05, 0.1) is 18.3 Å². The average Bonchev–Trinajstić information content (AvgIpc) is 3.12. The molecule has 6 heteroatoms. The van der Waals surface area contributed by atoms with Crippen LogP contribution in [-0.4, -0.2) is 46.2 Å². The van der Waals surface area contributed by atoms with Crippen molar-refractivity contribution in [3.63, 3.8) is 0 Å². The second-order valence-electron chi connectivity index (χ2n) is 7.02. The van der Waals surface area contributed by atoms with Crippen LogP contribution in [0.4, 0.5) is 5.69 Å². The summed E-state index contributed by atoms with van der Waals surface area (Å²) in [7, 11) is 4.02. The fourth-order valence-electron chi connectivity index (χ4n) is 3.42. The molecule has 2 aromatic heterocycles. The van der Waals surface area contributed by atoms with E-state index in [1.54, 1.807) is 6.20 Å². The number of anilines is 1. The van der Waals surface area contributed by atoms with Crippen molar-refractivity contribution < 1.29 is 4.79 Å². The number of amides is 1. The smallest absolute Gasteiger partial charge is 0.227 e. The van der Waals surface area contributed by atoms with Gasteiger partial charge < -0.3 is 9.80 Å². The number of carbonyl (C=O) groups excluding carboxylic acids is 1. The maximum Gasteiger partial charge on any atom is 0.227 e. The Kier molecular flexibility index (Phi) is 4.62. The Balaban J connectivity index is 1.45. The van der Waals surface area contributed by atoms with E-state index >= 15 is 0 Å². The van der Waals surface area contributed by atoms with Crippen molar-refractivity contribution in [2.45, 2.75) is 19.4 Å². The molecule has 0 fully saturated rings. The molecule has 1 aromatic carbocycles. The molecule has 0 saturated carbocycles. The zero-order valence-corrected chi connectivity index (χ0v) is 15.7. The predicted octanol–water partition coefficient (Wildman–Crippen LogP) is 2.46. The summed E-state index contributed by atoms with van der Waals surface area (Å²) < 4.78 is 1.89. The molecular formula is C21H23N5O. The van der Waals surface area contributed by atoms with Gasteiger partial charge in [0.2, 0.25) is 5.91 Å². The summed E-state index contributed by atoms with van der Waals surface area (Å²) in [5, 5.41) is 4.48. The molecule has 0 atom stereocenters. The minimum atomic E-state index is 0.156. The molecule has 0 radical (unpaired) electrons. The zero-order chi connectivity index (χ0) is 18.8. The molecule has 27 heavy (non-hydrogen) atoms. The molecule has 0 saturated heterocycles. The highest BCUT2D eigenvalue weighted by atomic mass is 16.2. The third-order valence-corrected chi connectivity index (χ3v) is 4.96. The minimum Gasteiger partial charge on any atom is -0.378 e. The Hall–Kier alpha value is -3.15. The lowest BCUT2D eigenvalue weighted by atomic mass is 10.1. The lowest BCUT2D eigenvalue weighted by molar-refractivity contribution is -0.131. The Morgan fingerprint density at radius 2 is 1.96 bits per heavy atom. The average molecular weight is 361 g/mol. The number of carbonyl (C=O) groups is 1. The third-order valence-electron chi connectivity index (χ3n) is 4.96. The van der Waals surface area contributed by atoms with Gasteiger partial charge in [-0.2, -0.15) is 5.10 Å². The van der Waals surface area contributed by atoms with Crippen molar-refractivity contribution >= 4 is 11.6 Å². The first-order valence-electron chi connectivity index (χ1n) is 9.13. The summed E-state index contributed by atoms with van der Waals surface area (Å²) in [5.74, 6) is 0.975. The molecule has 1 amide bonds. The van der Waals surface area contributed by atoms with E-state index in [0.717, 1.165) is 34.7 Å². The summed E-state index contributed by atoms with van der Waals surface area (Å²) in [5.41, 5.74) is 4.42. The first-order valence-corrected chi connectivity index (χ1v) is 9.13. The van der Waals surface area contributed by atoms with Crippen LogP contribution in [0.25, 0.3) is 5.82 Å². The summed E-state index contributed by atoms with van der Waals surface area (Å²) in [4.78, 5) is 21.1. The maximum absolute atomic E-state index is 12.7.